The first-order chi connectivity index (χ1) is 15.1. The normalized spacial score (nSPS) is 12.0. The van der Waals surface area contributed by atoms with E-state index in [1.54, 1.807) is 11.8 Å². The van der Waals surface area contributed by atoms with Crippen molar-refractivity contribution >= 4 is 27.7 Å². The predicted octanol–water partition coefficient (Wildman–Crippen LogP) is 5.45. The van der Waals surface area contributed by atoms with Gasteiger partial charge in [-0.1, -0.05) is 63.6 Å². The minimum Gasteiger partial charge on any atom is -0.483 e. The van der Waals surface area contributed by atoms with Gasteiger partial charge in [0.05, 0.1) is 4.47 Å². The van der Waals surface area contributed by atoms with Gasteiger partial charge in [0.2, 0.25) is 5.91 Å². The van der Waals surface area contributed by atoms with E-state index >= 15 is 0 Å². The van der Waals surface area contributed by atoms with Crippen LogP contribution in [0.1, 0.15) is 57.2 Å². The van der Waals surface area contributed by atoms with Crippen LogP contribution in [0, 0.1) is 12.8 Å². The number of hydrogen-bond donors (Lipinski definition) is 1. The summed E-state index contributed by atoms with van der Waals surface area (Å²) in [6.07, 6.45) is 0. The standard InChI is InChI=1S/C26H35BrN2O3/c1-17(2)14-28-26(31)20(6)29(15-21-9-7-19(5)8-10-21)25(30)16-32-24-12-11-22(18(3)4)13-23(24)27/h7-13,17-18,20H,14-16H2,1-6H3,(H,28,31)/t20-/m1/s1. The van der Waals surface area contributed by atoms with E-state index in [1.807, 2.05) is 63.2 Å². The van der Waals surface area contributed by atoms with E-state index in [9.17, 15) is 9.59 Å². The van der Waals surface area contributed by atoms with Gasteiger partial charge in [0.15, 0.2) is 6.61 Å². The van der Waals surface area contributed by atoms with E-state index in [1.165, 1.54) is 5.56 Å². The molecule has 6 heteroatoms. The molecule has 0 fully saturated rings. The number of rotatable bonds is 10. The third-order valence-corrected chi connectivity index (χ3v) is 5.92. The molecule has 0 aliphatic carbocycles. The zero-order valence-corrected chi connectivity index (χ0v) is 21.5. The van der Waals surface area contributed by atoms with Crippen molar-refractivity contribution < 1.29 is 14.3 Å². The van der Waals surface area contributed by atoms with Gasteiger partial charge >= 0.3 is 0 Å². The molecule has 0 aliphatic heterocycles. The van der Waals surface area contributed by atoms with Crippen molar-refractivity contribution in [3.8, 4) is 5.75 Å². The van der Waals surface area contributed by atoms with E-state index in [4.69, 9.17) is 4.74 Å². The maximum Gasteiger partial charge on any atom is 0.261 e. The van der Waals surface area contributed by atoms with Crippen molar-refractivity contribution in [1.82, 2.24) is 10.2 Å². The Kier molecular flexibility index (Phi) is 9.76. The molecule has 2 rings (SSSR count). The van der Waals surface area contributed by atoms with Crippen molar-refractivity contribution in [2.75, 3.05) is 13.2 Å². The van der Waals surface area contributed by atoms with Crippen LogP contribution < -0.4 is 10.1 Å². The van der Waals surface area contributed by atoms with Crippen LogP contribution >= 0.6 is 15.9 Å². The van der Waals surface area contributed by atoms with E-state index in [-0.39, 0.29) is 18.4 Å². The van der Waals surface area contributed by atoms with E-state index in [0.29, 0.717) is 30.7 Å². The summed E-state index contributed by atoms with van der Waals surface area (Å²) in [6, 6.07) is 13.2. The zero-order valence-electron chi connectivity index (χ0n) is 19.9. The average molecular weight is 503 g/mol. The lowest BCUT2D eigenvalue weighted by atomic mass is 10.0. The Bertz CT molecular complexity index is 910. The van der Waals surface area contributed by atoms with Gasteiger partial charge in [-0.25, -0.2) is 0 Å². The predicted molar refractivity (Wildman–Crippen MR) is 133 cm³/mol. The molecule has 0 unspecified atom stereocenters. The van der Waals surface area contributed by atoms with Gasteiger partial charge in [-0.3, -0.25) is 9.59 Å². The summed E-state index contributed by atoms with van der Waals surface area (Å²) >= 11 is 3.54. The quantitative estimate of drug-likeness (QED) is 0.469. The summed E-state index contributed by atoms with van der Waals surface area (Å²) in [5, 5.41) is 2.93. The Morgan fingerprint density at radius 2 is 1.69 bits per heavy atom. The number of halogens is 1. The van der Waals surface area contributed by atoms with Crippen molar-refractivity contribution in [2.24, 2.45) is 5.92 Å². The monoisotopic (exact) mass is 502 g/mol. The molecule has 32 heavy (non-hydrogen) atoms. The molecule has 174 valence electrons. The Hall–Kier alpha value is -2.34. The number of carbonyl (C=O) groups excluding carboxylic acids is 2. The number of nitrogens with one attached hydrogen (secondary N) is 1. The second-order valence-electron chi connectivity index (χ2n) is 8.96. The fraction of sp³-hybridized carbons (Fsp3) is 0.462. The molecular formula is C26H35BrN2O3. The number of hydrogen-bond acceptors (Lipinski definition) is 3. The molecule has 0 radical (unpaired) electrons. The first kappa shape index (κ1) is 25.9. The van der Waals surface area contributed by atoms with Crippen molar-refractivity contribution in [3.05, 3.63) is 63.6 Å². The molecule has 0 aromatic heterocycles. The van der Waals surface area contributed by atoms with Crippen LogP contribution in [-0.4, -0.2) is 35.9 Å². The molecule has 2 aromatic rings. The van der Waals surface area contributed by atoms with Crippen LogP contribution in [0.3, 0.4) is 0 Å². The van der Waals surface area contributed by atoms with E-state index in [2.05, 4.69) is 35.1 Å². The highest BCUT2D eigenvalue weighted by atomic mass is 79.9. The van der Waals surface area contributed by atoms with Gasteiger partial charge in [-0.05, 0) is 64.9 Å². The molecule has 0 aliphatic rings. The van der Waals surface area contributed by atoms with Crippen LogP contribution in [0.2, 0.25) is 0 Å². The lowest BCUT2D eigenvalue weighted by molar-refractivity contribution is -0.142. The third kappa shape index (κ3) is 7.66. The zero-order chi connectivity index (χ0) is 23.8. The molecule has 5 nitrogen and oxygen atoms in total. The highest BCUT2D eigenvalue weighted by Crippen LogP contribution is 2.29. The highest BCUT2D eigenvalue weighted by Gasteiger charge is 2.26. The summed E-state index contributed by atoms with van der Waals surface area (Å²) < 4.78 is 6.64. The second-order valence-corrected chi connectivity index (χ2v) is 9.81. The molecule has 2 aromatic carbocycles. The highest BCUT2D eigenvalue weighted by molar-refractivity contribution is 9.10. The van der Waals surface area contributed by atoms with Crippen LogP contribution in [0.4, 0.5) is 0 Å². The Morgan fingerprint density at radius 1 is 1.03 bits per heavy atom. The summed E-state index contributed by atoms with van der Waals surface area (Å²) in [4.78, 5) is 27.5. The summed E-state index contributed by atoms with van der Waals surface area (Å²) in [6.45, 7) is 12.9. The molecule has 1 N–H and O–H groups in total. The van der Waals surface area contributed by atoms with Crippen LogP contribution in [0.5, 0.6) is 5.75 Å². The summed E-state index contributed by atoms with van der Waals surface area (Å²) in [5.74, 6) is 0.938. The number of amides is 2. The fourth-order valence-corrected chi connectivity index (χ4v) is 3.65. The lowest BCUT2D eigenvalue weighted by Crippen LogP contribution is -2.49. The second kappa shape index (κ2) is 12.0. The van der Waals surface area contributed by atoms with Gasteiger partial charge in [0.25, 0.3) is 5.91 Å². The van der Waals surface area contributed by atoms with Gasteiger partial charge in [0, 0.05) is 13.1 Å². The Morgan fingerprint density at radius 3 is 2.25 bits per heavy atom. The SMILES string of the molecule is Cc1ccc(CN(C(=O)COc2ccc(C(C)C)cc2Br)[C@H](C)C(=O)NCC(C)C)cc1. The first-order valence-corrected chi connectivity index (χ1v) is 11.9. The molecule has 0 spiro atoms. The molecular weight excluding hydrogens is 468 g/mol. The largest absolute Gasteiger partial charge is 0.483 e. The minimum absolute atomic E-state index is 0.146. The maximum atomic E-state index is 13.2. The molecule has 0 bridgehead atoms. The maximum absolute atomic E-state index is 13.2. The van der Waals surface area contributed by atoms with Gasteiger partial charge in [-0.15, -0.1) is 0 Å². The van der Waals surface area contributed by atoms with Crippen molar-refractivity contribution in [3.63, 3.8) is 0 Å². The van der Waals surface area contributed by atoms with Gasteiger partial charge < -0.3 is 15.0 Å². The van der Waals surface area contributed by atoms with Crippen LogP contribution in [-0.2, 0) is 16.1 Å². The van der Waals surface area contributed by atoms with E-state index in [0.717, 1.165) is 15.6 Å². The van der Waals surface area contributed by atoms with Gasteiger partial charge in [0.1, 0.15) is 11.8 Å². The summed E-state index contributed by atoms with van der Waals surface area (Å²) in [7, 11) is 0. The lowest BCUT2D eigenvalue weighted by Gasteiger charge is -2.29. The van der Waals surface area contributed by atoms with Gasteiger partial charge in [-0.2, -0.15) is 0 Å². The smallest absolute Gasteiger partial charge is 0.261 e. The Labute approximate surface area is 200 Å². The third-order valence-electron chi connectivity index (χ3n) is 5.30. The van der Waals surface area contributed by atoms with Crippen LogP contribution in [0.25, 0.3) is 0 Å². The number of aryl methyl sites for hydroxylation is 1. The van der Waals surface area contributed by atoms with Crippen LogP contribution in [0.15, 0.2) is 46.9 Å². The molecule has 0 heterocycles. The number of benzene rings is 2. The fourth-order valence-electron chi connectivity index (χ4n) is 3.14. The number of carbonyl (C=O) groups is 2. The molecule has 2 amide bonds. The minimum atomic E-state index is -0.613. The number of nitrogens with zero attached hydrogens (tertiary/aromatic N) is 1. The summed E-state index contributed by atoms with van der Waals surface area (Å²) in [5.41, 5.74) is 3.30. The van der Waals surface area contributed by atoms with E-state index < -0.39 is 6.04 Å². The average Bonchev–Trinajstić information content (AvgIpc) is 2.75. The van der Waals surface area contributed by atoms with Crippen molar-refractivity contribution in [2.45, 2.75) is 60.0 Å². The van der Waals surface area contributed by atoms with Crippen molar-refractivity contribution in [1.29, 1.82) is 0 Å². The topological polar surface area (TPSA) is 58.6 Å². The first-order valence-electron chi connectivity index (χ1n) is 11.1. The molecule has 1 atom stereocenters. The molecule has 0 saturated heterocycles. The molecule has 0 saturated carbocycles. The Balaban J connectivity index is 2.15. The number of ether oxygens (including phenoxy) is 1.